The molecule has 2 aromatic rings. The van der Waals surface area contributed by atoms with Crippen LogP contribution in [0.3, 0.4) is 0 Å². The minimum absolute atomic E-state index is 0.0321. The van der Waals surface area contributed by atoms with Gasteiger partial charge < -0.3 is 24.7 Å². The number of methoxy groups -OCH3 is 1. The van der Waals surface area contributed by atoms with Crippen LogP contribution < -0.4 is 10.6 Å². The molecule has 3 amide bonds. The minimum atomic E-state index is -4.66. The zero-order chi connectivity index (χ0) is 30.6. The molecule has 232 valence electrons. The molecule has 8 nitrogen and oxygen atoms in total. The number of amides is 3. The van der Waals surface area contributed by atoms with Gasteiger partial charge in [0.15, 0.2) is 5.58 Å². The molecule has 5 atom stereocenters. The quantitative estimate of drug-likeness (QED) is 0.376. The molecule has 3 fully saturated rings. The molecule has 0 bridgehead atoms. The molecule has 2 N–H and O–H groups in total. The van der Waals surface area contributed by atoms with Gasteiger partial charge in [0, 0.05) is 20.0 Å². The van der Waals surface area contributed by atoms with Gasteiger partial charge in [-0.2, -0.15) is 26.3 Å². The maximum Gasteiger partial charge on any atom is 0.410 e. The van der Waals surface area contributed by atoms with Gasteiger partial charge in [-0.1, -0.05) is 6.07 Å². The van der Waals surface area contributed by atoms with Crippen molar-refractivity contribution in [1.82, 2.24) is 20.5 Å². The highest BCUT2D eigenvalue weighted by molar-refractivity contribution is 5.82. The van der Waals surface area contributed by atoms with Crippen LogP contribution in [0.25, 0.3) is 11.1 Å². The Hall–Kier alpha value is -3.17. The van der Waals surface area contributed by atoms with E-state index in [-0.39, 0.29) is 42.9 Å². The van der Waals surface area contributed by atoms with Crippen LogP contribution >= 0.6 is 0 Å². The molecule has 5 rings (SSSR count). The maximum absolute atomic E-state index is 13.9. The SMILES string of the molecule is COC[C@H](c1ccc2oc([C@@H](NC(=O)C3CC3C(F)(F)F)C3CCC(F)(F)CC3)nc2c1)N1C[C@@H](C(F)(F)F)NC1=O. The predicted octanol–water partition coefficient (Wildman–Crippen LogP) is 5.65. The highest BCUT2D eigenvalue weighted by atomic mass is 19.4. The first-order chi connectivity index (χ1) is 19.6. The van der Waals surface area contributed by atoms with Gasteiger partial charge in [-0.05, 0) is 42.9 Å². The van der Waals surface area contributed by atoms with E-state index in [0.717, 1.165) is 4.90 Å². The van der Waals surface area contributed by atoms with Crippen molar-refractivity contribution in [1.29, 1.82) is 0 Å². The summed E-state index contributed by atoms with van der Waals surface area (Å²) in [6.07, 6.45) is -10.6. The monoisotopic (exact) mass is 612 g/mol. The van der Waals surface area contributed by atoms with Crippen LogP contribution in [0, 0.1) is 17.8 Å². The Kier molecular flexibility index (Phi) is 7.81. The largest absolute Gasteiger partial charge is 0.438 e. The summed E-state index contributed by atoms with van der Waals surface area (Å²) >= 11 is 0. The number of carbonyl (C=O) groups excluding carboxylic acids is 2. The lowest BCUT2D eigenvalue weighted by atomic mass is 9.82. The van der Waals surface area contributed by atoms with Crippen LogP contribution in [0.15, 0.2) is 22.6 Å². The van der Waals surface area contributed by atoms with Crippen LogP contribution in [0.4, 0.5) is 39.9 Å². The van der Waals surface area contributed by atoms with Gasteiger partial charge >= 0.3 is 18.4 Å². The van der Waals surface area contributed by atoms with E-state index in [1.54, 1.807) is 0 Å². The number of nitrogens with one attached hydrogen (secondary N) is 2. The van der Waals surface area contributed by atoms with E-state index in [0.29, 0.717) is 5.56 Å². The lowest BCUT2D eigenvalue weighted by molar-refractivity contribution is -0.155. The van der Waals surface area contributed by atoms with Crippen molar-refractivity contribution in [2.45, 2.75) is 68.5 Å². The van der Waals surface area contributed by atoms with Crippen LogP contribution in [-0.4, -0.2) is 66.4 Å². The summed E-state index contributed by atoms with van der Waals surface area (Å²) in [5.41, 5.74) is 0.741. The molecule has 0 radical (unpaired) electrons. The summed E-state index contributed by atoms with van der Waals surface area (Å²) in [6.45, 7) is -0.802. The fraction of sp³-hybridized carbons (Fsp3) is 0.654. The van der Waals surface area contributed by atoms with Crippen molar-refractivity contribution in [3.63, 3.8) is 0 Å². The highest BCUT2D eigenvalue weighted by Crippen LogP contribution is 2.51. The summed E-state index contributed by atoms with van der Waals surface area (Å²) in [6, 6.07) is -0.593. The number of hydrogen-bond donors (Lipinski definition) is 2. The lowest BCUT2D eigenvalue weighted by Crippen LogP contribution is -2.40. The first-order valence-corrected chi connectivity index (χ1v) is 13.4. The number of rotatable bonds is 8. The molecule has 2 heterocycles. The van der Waals surface area contributed by atoms with E-state index in [1.165, 1.54) is 25.3 Å². The summed E-state index contributed by atoms with van der Waals surface area (Å²) in [5, 5.41) is 4.46. The zero-order valence-corrected chi connectivity index (χ0v) is 22.2. The molecule has 2 saturated carbocycles. The Morgan fingerprint density at radius 1 is 1.19 bits per heavy atom. The number of aromatic nitrogens is 1. The van der Waals surface area contributed by atoms with Crippen LogP contribution in [0.5, 0.6) is 0 Å². The molecule has 2 unspecified atom stereocenters. The topological polar surface area (TPSA) is 96.7 Å². The summed E-state index contributed by atoms with van der Waals surface area (Å²) in [7, 11) is 1.32. The van der Waals surface area contributed by atoms with Crippen molar-refractivity contribution in [3.8, 4) is 0 Å². The van der Waals surface area contributed by atoms with Crippen LogP contribution in [0.1, 0.15) is 55.6 Å². The fourth-order valence-corrected chi connectivity index (χ4v) is 5.72. The number of hydrogen-bond acceptors (Lipinski definition) is 5. The van der Waals surface area contributed by atoms with Crippen LogP contribution in [-0.2, 0) is 9.53 Å². The fourth-order valence-electron chi connectivity index (χ4n) is 5.72. The number of oxazole rings is 1. The standard InChI is InChI=1S/C26H28F8N4O4/c1-41-11-17(38-10-19(26(32,33)34)36-23(38)40)13-2-3-18-16(8-13)35-22(42-18)20(12-4-6-24(27,28)7-5-12)37-21(39)14-9-15(14)25(29,30)31/h2-3,8,12,14-15,17,19-20H,4-7,9-11H2,1H3,(H,36,40)(H,37,39)/t14?,15?,17-,19+,20+/m1/s1. The van der Waals surface area contributed by atoms with E-state index in [9.17, 15) is 44.7 Å². The smallest absolute Gasteiger partial charge is 0.410 e. The van der Waals surface area contributed by atoms with Gasteiger partial charge in [0.25, 0.3) is 0 Å². The van der Waals surface area contributed by atoms with Gasteiger partial charge in [0.1, 0.15) is 17.6 Å². The van der Waals surface area contributed by atoms with Gasteiger partial charge in [-0.3, -0.25) is 4.79 Å². The lowest BCUT2D eigenvalue weighted by Gasteiger charge is -2.32. The average Bonchev–Trinajstić information content (AvgIpc) is 3.47. The van der Waals surface area contributed by atoms with Gasteiger partial charge in [0.2, 0.25) is 17.7 Å². The second kappa shape index (κ2) is 10.8. The number of benzene rings is 1. The number of ether oxygens (including phenoxy) is 1. The van der Waals surface area contributed by atoms with Crippen molar-refractivity contribution >= 4 is 23.0 Å². The Morgan fingerprint density at radius 2 is 1.88 bits per heavy atom. The zero-order valence-electron chi connectivity index (χ0n) is 22.2. The molecule has 0 spiro atoms. The van der Waals surface area contributed by atoms with Gasteiger partial charge in [-0.15, -0.1) is 0 Å². The predicted molar refractivity (Wildman–Crippen MR) is 129 cm³/mol. The molecule has 1 aromatic carbocycles. The van der Waals surface area contributed by atoms with E-state index in [1.807, 2.05) is 5.32 Å². The number of alkyl halides is 8. The Labute approximate surface area is 234 Å². The van der Waals surface area contributed by atoms with Crippen molar-refractivity contribution in [2.24, 2.45) is 17.8 Å². The Morgan fingerprint density at radius 3 is 2.45 bits per heavy atom. The molecule has 42 heavy (non-hydrogen) atoms. The third kappa shape index (κ3) is 6.27. The highest BCUT2D eigenvalue weighted by Gasteiger charge is 2.59. The molecular formula is C26H28F8N4O4. The molecule has 1 saturated heterocycles. The second-order valence-corrected chi connectivity index (χ2v) is 11.1. The first kappa shape index (κ1) is 30.3. The van der Waals surface area contributed by atoms with E-state index in [2.05, 4.69) is 10.3 Å². The summed E-state index contributed by atoms with van der Waals surface area (Å²) in [4.78, 5) is 30.5. The third-order valence-electron chi connectivity index (χ3n) is 8.19. The molecule has 1 aliphatic heterocycles. The summed E-state index contributed by atoms with van der Waals surface area (Å²) < 4.78 is 118. The Balaban J connectivity index is 1.41. The van der Waals surface area contributed by atoms with Crippen molar-refractivity contribution < 1.29 is 53.9 Å². The number of halogens is 8. The summed E-state index contributed by atoms with van der Waals surface area (Å²) in [5.74, 6) is -7.52. The van der Waals surface area contributed by atoms with E-state index < -0.39 is 85.5 Å². The second-order valence-electron chi connectivity index (χ2n) is 11.1. The molecule has 16 heteroatoms. The Bertz CT molecular complexity index is 1320. The third-order valence-corrected chi connectivity index (χ3v) is 8.19. The number of carbonyl (C=O) groups is 2. The van der Waals surface area contributed by atoms with E-state index >= 15 is 0 Å². The van der Waals surface area contributed by atoms with Gasteiger partial charge in [-0.25, -0.2) is 18.6 Å². The maximum atomic E-state index is 13.9. The molecular weight excluding hydrogens is 584 g/mol. The van der Waals surface area contributed by atoms with Crippen molar-refractivity contribution in [2.75, 3.05) is 20.3 Å². The molecule has 3 aliphatic rings. The number of fused-ring (bicyclic) bond motifs is 1. The number of urea groups is 1. The van der Waals surface area contributed by atoms with Gasteiger partial charge in [0.05, 0.1) is 31.0 Å². The first-order valence-electron chi connectivity index (χ1n) is 13.4. The number of nitrogens with zero attached hydrogens (tertiary/aromatic N) is 2. The van der Waals surface area contributed by atoms with Crippen molar-refractivity contribution in [3.05, 3.63) is 29.7 Å². The van der Waals surface area contributed by atoms with E-state index in [4.69, 9.17) is 9.15 Å². The van der Waals surface area contributed by atoms with Crippen LogP contribution in [0.2, 0.25) is 0 Å². The average molecular weight is 613 g/mol. The normalized spacial score (nSPS) is 26.3. The minimum Gasteiger partial charge on any atom is -0.438 e. The molecule has 2 aliphatic carbocycles. The molecule has 1 aromatic heterocycles.